The molecule has 1 aliphatic carbocycles. The van der Waals surface area contributed by atoms with Gasteiger partial charge in [0.25, 0.3) is 0 Å². The van der Waals surface area contributed by atoms with Crippen molar-refractivity contribution in [3.8, 4) is 0 Å². The highest BCUT2D eigenvalue weighted by molar-refractivity contribution is 5.87. The van der Waals surface area contributed by atoms with Crippen LogP contribution in [-0.2, 0) is 4.79 Å². The molecule has 0 saturated carbocycles. The van der Waals surface area contributed by atoms with E-state index in [0.717, 1.165) is 11.1 Å². The van der Waals surface area contributed by atoms with Crippen LogP contribution in [0.4, 0.5) is 0 Å². The van der Waals surface area contributed by atoms with Gasteiger partial charge in [-0.25, -0.2) is 0 Å². The van der Waals surface area contributed by atoms with Gasteiger partial charge in [0.2, 0.25) is 0 Å². The summed E-state index contributed by atoms with van der Waals surface area (Å²) in [6, 6.07) is 7.45. The molecule has 1 atom stereocenters. The maximum atomic E-state index is 10.5. The molecule has 0 unspecified atom stereocenters. The molecule has 0 heterocycles. The van der Waals surface area contributed by atoms with Gasteiger partial charge in [-0.15, -0.1) is 0 Å². The highest BCUT2D eigenvalue weighted by Gasteiger charge is 2.21. The monoisotopic (exact) mass is 160 g/mol. The topological polar surface area (TPSA) is 37.3 Å². The van der Waals surface area contributed by atoms with Gasteiger partial charge in [0, 0.05) is 5.57 Å². The quantitative estimate of drug-likeness (QED) is 0.629. The lowest BCUT2D eigenvalue weighted by molar-refractivity contribution is -0.105. The Morgan fingerprint density at radius 3 is 2.75 bits per heavy atom. The van der Waals surface area contributed by atoms with Crippen LogP contribution in [0.25, 0.3) is 6.08 Å². The van der Waals surface area contributed by atoms with E-state index in [-0.39, 0.29) is 0 Å². The Kier molecular flexibility index (Phi) is 1.55. The Morgan fingerprint density at radius 2 is 2.08 bits per heavy atom. The molecule has 0 spiro atoms. The first-order valence-corrected chi connectivity index (χ1v) is 3.76. The number of aliphatic hydroxyl groups excluding tert-OH is 1. The van der Waals surface area contributed by atoms with Crippen LogP contribution < -0.4 is 0 Å². The van der Waals surface area contributed by atoms with Crippen molar-refractivity contribution in [2.75, 3.05) is 0 Å². The van der Waals surface area contributed by atoms with Gasteiger partial charge in [-0.3, -0.25) is 4.79 Å². The summed E-state index contributed by atoms with van der Waals surface area (Å²) in [6.45, 7) is 0. The number of rotatable bonds is 1. The zero-order valence-corrected chi connectivity index (χ0v) is 6.40. The summed E-state index contributed by atoms with van der Waals surface area (Å²) in [7, 11) is 0. The lowest BCUT2D eigenvalue weighted by atomic mass is 10.1. The first-order chi connectivity index (χ1) is 5.83. The zero-order valence-electron chi connectivity index (χ0n) is 6.40. The van der Waals surface area contributed by atoms with E-state index in [4.69, 9.17) is 0 Å². The van der Waals surface area contributed by atoms with Crippen LogP contribution in [-0.4, -0.2) is 11.4 Å². The number of hydrogen-bond donors (Lipinski definition) is 1. The number of fused-ring (bicyclic) bond motifs is 1. The van der Waals surface area contributed by atoms with Crippen molar-refractivity contribution in [3.05, 3.63) is 41.0 Å². The molecule has 0 aromatic heterocycles. The van der Waals surface area contributed by atoms with E-state index in [9.17, 15) is 9.90 Å². The van der Waals surface area contributed by atoms with Crippen LogP contribution in [0.5, 0.6) is 0 Å². The van der Waals surface area contributed by atoms with E-state index in [1.54, 1.807) is 6.08 Å². The van der Waals surface area contributed by atoms with E-state index < -0.39 is 6.10 Å². The molecule has 60 valence electrons. The average Bonchev–Trinajstić information content (AvgIpc) is 2.44. The molecule has 1 aromatic rings. The normalized spacial score (nSPS) is 20.1. The van der Waals surface area contributed by atoms with Crippen molar-refractivity contribution in [2.24, 2.45) is 0 Å². The molecule has 2 nitrogen and oxygen atoms in total. The van der Waals surface area contributed by atoms with E-state index in [1.165, 1.54) is 0 Å². The van der Waals surface area contributed by atoms with Gasteiger partial charge in [-0.05, 0) is 17.2 Å². The second kappa shape index (κ2) is 2.57. The number of benzene rings is 1. The van der Waals surface area contributed by atoms with E-state index >= 15 is 0 Å². The maximum absolute atomic E-state index is 10.5. The van der Waals surface area contributed by atoms with Crippen molar-refractivity contribution in [3.63, 3.8) is 0 Å². The van der Waals surface area contributed by atoms with Gasteiger partial charge in [-0.2, -0.15) is 0 Å². The molecule has 12 heavy (non-hydrogen) atoms. The van der Waals surface area contributed by atoms with Crippen molar-refractivity contribution in [1.82, 2.24) is 0 Å². The fourth-order valence-corrected chi connectivity index (χ4v) is 1.43. The van der Waals surface area contributed by atoms with Crippen LogP contribution in [0, 0.1) is 0 Å². The van der Waals surface area contributed by atoms with Crippen LogP contribution >= 0.6 is 0 Å². The van der Waals surface area contributed by atoms with Gasteiger partial charge >= 0.3 is 0 Å². The first kappa shape index (κ1) is 7.25. The van der Waals surface area contributed by atoms with E-state index in [0.29, 0.717) is 11.9 Å². The molecular formula is C10H8O2. The number of carbonyl (C=O) groups excluding carboxylic acids is 1. The van der Waals surface area contributed by atoms with Crippen molar-refractivity contribution >= 4 is 12.4 Å². The second-order valence-electron chi connectivity index (χ2n) is 2.79. The molecule has 1 N–H and O–H groups in total. The summed E-state index contributed by atoms with van der Waals surface area (Å²) in [5.74, 6) is 0. The Labute approximate surface area is 70.2 Å². The molecule has 0 fully saturated rings. The lowest BCUT2D eigenvalue weighted by Crippen LogP contribution is -1.96. The molecule has 1 aliphatic rings. The summed E-state index contributed by atoms with van der Waals surface area (Å²) >= 11 is 0. The van der Waals surface area contributed by atoms with Crippen LogP contribution in [0.15, 0.2) is 29.8 Å². The fourth-order valence-electron chi connectivity index (χ4n) is 1.43. The Balaban J connectivity index is 2.54. The minimum Gasteiger partial charge on any atom is -0.384 e. The lowest BCUT2D eigenvalue weighted by Gasteiger charge is -2.03. The number of hydrogen-bond acceptors (Lipinski definition) is 2. The van der Waals surface area contributed by atoms with Gasteiger partial charge in [0.15, 0.2) is 0 Å². The Morgan fingerprint density at radius 1 is 1.33 bits per heavy atom. The van der Waals surface area contributed by atoms with Crippen molar-refractivity contribution in [1.29, 1.82) is 0 Å². The summed E-state index contributed by atoms with van der Waals surface area (Å²) in [4.78, 5) is 10.5. The molecule has 0 radical (unpaired) electrons. The van der Waals surface area contributed by atoms with Crippen LogP contribution in [0.3, 0.4) is 0 Å². The van der Waals surface area contributed by atoms with Gasteiger partial charge in [0.05, 0.1) is 0 Å². The third-order valence-corrected chi connectivity index (χ3v) is 2.06. The molecule has 2 heteroatoms. The smallest absolute Gasteiger partial charge is 0.149 e. The van der Waals surface area contributed by atoms with Crippen LogP contribution in [0.2, 0.25) is 0 Å². The predicted octanol–water partition coefficient (Wildman–Crippen LogP) is 1.32. The molecule has 0 saturated heterocycles. The number of aliphatic hydroxyl groups is 1. The van der Waals surface area contributed by atoms with Gasteiger partial charge < -0.3 is 5.11 Å². The predicted molar refractivity (Wildman–Crippen MR) is 45.4 cm³/mol. The maximum Gasteiger partial charge on any atom is 0.149 e. The average molecular weight is 160 g/mol. The van der Waals surface area contributed by atoms with Gasteiger partial charge in [0.1, 0.15) is 12.4 Å². The molecule has 1 aromatic carbocycles. The largest absolute Gasteiger partial charge is 0.384 e. The van der Waals surface area contributed by atoms with E-state index in [1.807, 2.05) is 24.3 Å². The van der Waals surface area contributed by atoms with E-state index in [2.05, 4.69) is 0 Å². The van der Waals surface area contributed by atoms with Gasteiger partial charge in [-0.1, -0.05) is 24.3 Å². The van der Waals surface area contributed by atoms with Crippen molar-refractivity contribution < 1.29 is 9.90 Å². The molecular weight excluding hydrogens is 152 g/mol. The summed E-state index contributed by atoms with van der Waals surface area (Å²) < 4.78 is 0. The highest BCUT2D eigenvalue weighted by atomic mass is 16.3. The SMILES string of the molecule is O=CC1=Cc2ccccc2[C@@H]1O. The summed E-state index contributed by atoms with van der Waals surface area (Å²) in [5, 5.41) is 9.54. The molecule has 0 amide bonds. The Hall–Kier alpha value is -1.41. The minimum atomic E-state index is -0.723. The molecule has 2 rings (SSSR count). The number of carbonyl (C=O) groups is 1. The van der Waals surface area contributed by atoms with Crippen LogP contribution in [0.1, 0.15) is 17.2 Å². The number of aldehydes is 1. The summed E-state index contributed by atoms with van der Waals surface area (Å²) in [5.41, 5.74) is 2.20. The first-order valence-electron chi connectivity index (χ1n) is 3.76. The summed E-state index contributed by atoms with van der Waals surface area (Å²) in [6.07, 6.45) is 1.69. The minimum absolute atomic E-state index is 0.441. The zero-order chi connectivity index (χ0) is 8.55. The second-order valence-corrected chi connectivity index (χ2v) is 2.79. The fraction of sp³-hybridized carbons (Fsp3) is 0.100. The third-order valence-electron chi connectivity index (χ3n) is 2.06. The Bertz CT molecular complexity index is 353. The highest BCUT2D eigenvalue weighted by Crippen LogP contribution is 2.32. The standard InChI is InChI=1S/C10H8O2/c11-6-8-5-7-3-1-2-4-9(7)10(8)12/h1-6,10,12H/t10-/m1/s1. The third kappa shape index (κ3) is 0.889. The molecule has 0 bridgehead atoms. The van der Waals surface area contributed by atoms with Crippen molar-refractivity contribution in [2.45, 2.75) is 6.10 Å². The molecule has 0 aliphatic heterocycles.